The van der Waals surface area contributed by atoms with Crippen molar-refractivity contribution in [1.29, 1.82) is 0 Å². The zero-order valence-electron chi connectivity index (χ0n) is 13.1. The van der Waals surface area contributed by atoms with Crippen LogP contribution in [0.4, 0.5) is 0 Å². The zero-order chi connectivity index (χ0) is 14.6. The first-order valence-corrected chi connectivity index (χ1v) is 7.44. The summed E-state index contributed by atoms with van der Waals surface area (Å²) in [4.78, 5) is 0. The minimum absolute atomic E-state index is 0.120. The summed E-state index contributed by atoms with van der Waals surface area (Å²) >= 11 is 0. The van der Waals surface area contributed by atoms with Gasteiger partial charge in [-0.2, -0.15) is 0 Å². The number of nitrogens with one attached hydrogen (secondary N) is 1. The van der Waals surface area contributed by atoms with E-state index in [2.05, 4.69) is 25.2 Å². The van der Waals surface area contributed by atoms with Crippen LogP contribution in [0.3, 0.4) is 0 Å². The van der Waals surface area contributed by atoms with E-state index in [1.54, 1.807) is 7.11 Å². The molecule has 1 N–H and O–H groups in total. The molecule has 0 bridgehead atoms. The predicted octanol–water partition coefficient (Wildman–Crippen LogP) is 3.17. The van der Waals surface area contributed by atoms with E-state index in [1.807, 2.05) is 6.92 Å². The molecular weight excluding hydrogens is 254 g/mol. The van der Waals surface area contributed by atoms with Gasteiger partial charge in [0.15, 0.2) is 0 Å². The van der Waals surface area contributed by atoms with Crippen molar-refractivity contribution in [1.82, 2.24) is 5.32 Å². The van der Waals surface area contributed by atoms with E-state index < -0.39 is 0 Å². The van der Waals surface area contributed by atoms with Crippen LogP contribution in [0.25, 0.3) is 0 Å². The van der Waals surface area contributed by atoms with E-state index in [-0.39, 0.29) is 5.60 Å². The molecule has 0 amide bonds. The van der Waals surface area contributed by atoms with E-state index in [9.17, 15) is 0 Å². The van der Waals surface area contributed by atoms with Crippen molar-refractivity contribution in [2.75, 3.05) is 13.7 Å². The minimum Gasteiger partial charge on any atom is -0.465 e. The van der Waals surface area contributed by atoms with Gasteiger partial charge >= 0.3 is 0 Å². The lowest BCUT2D eigenvalue weighted by Crippen LogP contribution is -2.24. The van der Waals surface area contributed by atoms with E-state index in [0.717, 1.165) is 30.0 Å². The summed E-state index contributed by atoms with van der Waals surface area (Å²) in [6.07, 6.45) is 3.48. The van der Waals surface area contributed by atoms with Crippen molar-refractivity contribution >= 4 is 0 Å². The molecule has 0 spiro atoms. The van der Waals surface area contributed by atoms with Gasteiger partial charge in [0.05, 0.1) is 18.8 Å². The molecule has 1 aliphatic rings. The number of aryl methyl sites for hydroxylation is 1. The molecule has 1 aromatic rings. The Labute approximate surface area is 121 Å². The highest BCUT2D eigenvalue weighted by atomic mass is 16.5. The van der Waals surface area contributed by atoms with Gasteiger partial charge in [-0.15, -0.1) is 0 Å². The zero-order valence-corrected chi connectivity index (χ0v) is 13.1. The molecule has 2 rings (SSSR count). The van der Waals surface area contributed by atoms with Gasteiger partial charge in [0, 0.05) is 25.3 Å². The van der Waals surface area contributed by atoms with Crippen molar-refractivity contribution < 1.29 is 13.9 Å². The Hall–Kier alpha value is -0.840. The fourth-order valence-electron chi connectivity index (χ4n) is 1.95. The van der Waals surface area contributed by atoms with Crippen LogP contribution in [0.5, 0.6) is 0 Å². The van der Waals surface area contributed by atoms with Crippen molar-refractivity contribution in [2.45, 2.75) is 64.8 Å². The molecule has 114 valence electrons. The van der Waals surface area contributed by atoms with Crippen molar-refractivity contribution in [2.24, 2.45) is 0 Å². The summed E-state index contributed by atoms with van der Waals surface area (Å²) in [7, 11) is 1.74. The summed E-state index contributed by atoms with van der Waals surface area (Å²) in [6.45, 7) is 8.27. The lowest BCUT2D eigenvalue weighted by atomic mass is 10.1. The Kier molecular flexibility index (Phi) is 5.24. The highest BCUT2D eigenvalue weighted by Crippen LogP contribution is 2.21. The number of rotatable bonds is 9. The molecule has 4 nitrogen and oxygen atoms in total. The summed E-state index contributed by atoms with van der Waals surface area (Å²) < 4.78 is 16.8. The molecule has 1 heterocycles. The Balaban J connectivity index is 1.71. The Morgan fingerprint density at radius 1 is 1.40 bits per heavy atom. The number of hydrogen-bond acceptors (Lipinski definition) is 4. The van der Waals surface area contributed by atoms with Crippen LogP contribution in [0, 0.1) is 6.92 Å². The highest BCUT2D eigenvalue weighted by Gasteiger charge is 2.21. The first kappa shape index (κ1) is 15.5. The van der Waals surface area contributed by atoms with Gasteiger partial charge in [-0.05, 0) is 46.1 Å². The van der Waals surface area contributed by atoms with Crippen LogP contribution >= 0.6 is 0 Å². The molecule has 0 aromatic carbocycles. The van der Waals surface area contributed by atoms with Gasteiger partial charge in [-0.25, -0.2) is 0 Å². The second-order valence-corrected chi connectivity index (χ2v) is 6.22. The molecule has 0 unspecified atom stereocenters. The third-order valence-electron chi connectivity index (χ3n) is 3.87. The number of hydrogen-bond donors (Lipinski definition) is 1. The lowest BCUT2D eigenvalue weighted by Gasteiger charge is -2.22. The fourth-order valence-corrected chi connectivity index (χ4v) is 1.95. The number of methoxy groups -OCH3 is 1. The molecular formula is C16H27NO3. The molecule has 0 radical (unpaired) electrons. The highest BCUT2D eigenvalue weighted by molar-refractivity contribution is 5.20. The van der Waals surface area contributed by atoms with Crippen LogP contribution in [-0.4, -0.2) is 25.4 Å². The summed E-state index contributed by atoms with van der Waals surface area (Å²) in [5.41, 5.74) is 1.03. The topological polar surface area (TPSA) is 43.6 Å². The number of ether oxygens (including phenoxy) is 2. The van der Waals surface area contributed by atoms with Crippen molar-refractivity contribution in [3.8, 4) is 0 Å². The van der Waals surface area contributed by atoms with Crippen LogP contribution in [0.1, 0.15) is 50.2 Å². The van der Waals surface area contributed by atoms with Crippen LogP contribution in [-0.2, 0) is 22.6 Å². The smallest absolute Gasteiger partial charge is 0.118 e. The molecule has 0 saturated heterocycles. The van der Waals surface area contributed by atoms with E-state index in [4.69, 9.17) is 13.9 Å². The van der Waals surface area contributed by atoms with Gasteiger partial charge in [0.1, 0.15) is 11.5 Å². The van der Waals surface area contributed by atoms with Crippen LogP contribution < -0.4 is 5.32 Å². The molecule has 1 fully saturated rings. The summed E-state index contributed by atoms with van der Waals surface area (Å²) in [5, 5.41) is 3.46. The van der Waals surface area contributed by atoms with Gasteiger partial charge in [0.2, 0.25) is 0 Å². The lowest BCUT2D eigenvalue weighted by molar-refractivity contribution is -0.0125. The SMILES string of the molecule is COC(C)(C)CCOCc1cc(CNC2CC2)oc1C. The Morgan fingerprint density at radius 2 is 2.15 bits per heavy atom. The van der Waals surface area contributed by atoms with Gasteiger partial charge in [0.25, 0.3) is 0 Å². The third kappa shape index (κ3) is 4.93. The van der Waals surface area contributed by atoms with Gasteiger partial charge in [-0.1, -0.05) is 0 Å². The van der Waals surface area contributed by atoms with Crippen LogP contribution in [0.15, 0.2) is 10.5 Å². The molecule has 1 saturated carbocycles. The standard InChI is InChI=1S/C16H27NO3/c1-12-13(11-19-8-7-16(2,3)18-4)9-15(20-12)10-17-14-5-6-14/h9,14,17H,5-8,10-11H2,1-4H3. The first-order chi connectivity index (χ1) is 9.50. The molecule has 1 aromatic heterocycles. The first-order valence-electron chi connectivity index (χ1n) is 7.44. The monoisotopic (exact) mass is 281 g/mol. The van der Waals surface area contributed by atoms with Crippen molar-refractivity contribution in [3.63, 3.8) is 0 Å². The van der Waals surface area contributed by atoms with Crippen LogP contribution in [0.2, 0.25) is 0 Å². The van der Waals surface area contributed by atoms with E-state index in [1.165, 1.54) is 12.8 Å². The summed E-state index contributed by atoms with van der Waals surface area (Å²) in [5.74, 6) is 1.97. The number of furan rings is 1. The second-order valence-electron chi connectivity index (χ2n) is 6.22. The quantitative estimate of drug-likeness (QED) is 0.706. The Morgan fingerprint density at radius 3 is 2.80 bits per heavy atom. The maximum absolute atomic E-state index is 5.74. The van der Waals surface area contributed by atoms with Crippen molar-refractivity contribution in [3.05, 3.63) is 23.2 Å². The molecule has 0 atom stereocenters. The normalized spacial score (nSPS) is 15.8. The largest absolute Gasteiger partial charge is 0.465 e. The van der Waals surface area contributed by atoms with E-state index in [0.29, 0.717) is 19.3 Å². The summed E-state index contributed by atoms with van der Waals surface area (Å²) in [6, 6.07) is 2.81. The fraction of sp³-hybridized carbons (Fsp3) is 0.750. The maximum atomic E-state index is 5.74. The molecule has 1 aliphatic carbocycles. The second kappa shape index (κ2) is 6.74. The van der Waals surface area contributed by atoms with Gasteiger partial charge < -0.3 is 19.2 Å². The molecule has 4 heteroatoms. The molecule has 0 aliphatic heterocycles. The minimum atomic E-state index is -0.120. The third-order valence-corrected chi connectivity index (χ3v) is 3.87. The molecule has 20 heavy (non-hydrogen) atoms. The average molecular weight is 281 g/mol. The maximum Gasteiger partial charge on any atom is 0.118 e. The predicted molar refractivity (Wildman–Crippen MR) is 78.7 cm³/mol. The van der Waals surface area contributed by atoms with E-state index >= 15 is 0 Å². The average Bonchev–Trinajstić information content (AvgIpc) is 3.17. The van der Waals surface area contributed by atoms with Gasteiger partial charge in [-0.3, -0.25) is 0 Å². The Bertz CT molecular complexity index is 421.